The first-order chi connectivity index (χ1) is 12.4. The fourth-order valence-corrected chi connectivity index (χ4v) is 2.67. The Morgan fingerprint density at radius 3 is 2.54 bits per heavy atom. The molecule has 2 rings (SSSR count). The van der Waals surface area contributed by atoms with E-state index in [2.05, 4.69) is 16.0 Å². The molecule has 0 aromatic heterocycles. The third kappa shape index (κ3) is 5.54. The summed E-state index contributed by atoms with van der Waals surface area (Å²) in [5.41, 5.74) is 2.49. The highest BCUT2D eigenvalue weighted by molar-refractivity contribution is 7.80. The van der Waals surface area contributed by atoms with Crippen molar-refractivity contribution in [2.24, 2.45) is 0 Å². The first-order valence-corrected chi connectivity index (χ1v) is 8.96. The summed E-state index contributed by atoms with van der Waals surface area (Å²) in [7, 11) is 0. The van der Waals surface area contributed by atoms with Crippen molar-refractivity contribution in [3.8, 4) is 0 Å². The number of carbonyl (C=O) groups excluding carboxylic acids is 2. The van der Waals surface area contributed by atoms with Crippen LogP contribution in [0.25, 0.3) is 0 Å². The maximum atomic E-state index is 12.3. The molecule has 0 unspecified atom stereocenters. The van der Waals surface area contributed by atoms with Gasteiger partial charge in [-0.1, -0.05) is 36.7 Å². The zero-order valence-electron chi connectivity index (χ0n) is 14.6. The summed E-state index contributed by atoms with van der Waals surface area (Å²) in [4.78, 5) is 24.0. The van der Waals surface area contributed by atoms with Crippen molar-refractivity contribution in [1.29, 1.82) is 0 Å². The molecule has 0 fully saturated rings. The average molecular weight is 390 g/mol. The maximum Gasteiger partial charge on any atom is 0.257 e. The second kappa shape index (κ2) is 9.31. The first kappa shape index (κ1) is 19.9. The summed E-state index contributed by atoms with van der Waals surface area (Å²) in [6, 6.07) is 12.3. The molecule has 0 aliphatic rings. The van der Waals surface area contributed by atoms with Crippen LogP contribution in [0.5, 0.6) is 0 Å². The average Bonchev–Trinajstić information content (AvgIpc) is 2.58. The fourth-order valence-electron chi connectivity index (χ4n) is 2.30. The highest BCUT2D eigenvalue weighted by Crippen LogP contribution is 2.25. The van der Waals surface area contributed by atoms with Gasteiger partial charge in [0.15, 0.2) is 5.11 Å². The summed E-state index contributed by atoms with van der Waals surface area (Å²) >= 11 is 11.4. The van der Waals surface area contributed by atoms with Gasteiger partial charge in [-0.3, -0.25) is 14.9 Å². The van der Waals surface area contributed by atoms with Gasteiger partial charge in [-0.25, -0.2) is 0 Å². The quantitative estimate of drug-likeness (QED) is 0.658. The molecule has 0 atom stereocenters. The number of hydrogen-bond donors (Lipinski definition) is 3. The van der Waals surface area contributed by atoms with Crippen molar-refractivity contribution in [2.75, 3.05) is 10.6 Å². The maximum absolute atomic E-state index is 12.3. The Morgan fingerprint density at radius 2 is 1.85 bits per heavy atom. The summed E-state index contributed by atoms with van der Waals surface area (Å²) in [5.74, 6) is -0.375. The number of aryl methyl sites for hydroxylation is 1. The number of thiocarbonyl (C=S) groups is 1. The number of rotatable bonds is 5. The molecule has 0 radical (unpaired) electrons. The van der Waals surface area contributed by atoms with Gasteiger partial charge in [0.05, 0.1) is 10.7 Å². The molecule has 0 aliphatic heterocycles. The van der Waals surface area contributed by atoms with Crippen LogP contribution in [0.2, 0.25) is 5.02 Å². The number of nitrogens with one attached hydrogen (secondary N) is 3. The van der Waals surface area contributed by atoms with E-state index in [0.717, 1.165) is 12.0 Å². The molecule has 7 heteroatoms. The van der Waals surface area contributed by atoms with E-state index in [4.69, 9.17) is 23.8 Å². The lowest BCUT2D eigenvalue weighted by molar-refractivity contribution is -0.116. The molecular formula is C19H20ClN3O2S. The number of halogens is 1. The molecule has 0 aliphatic carbocycles. The van der Waals surface area contributed by atoms with Gasteiger partial charge in [0, 0.05) is 17.7 Å². The Morgan fingerprint density at radius 1 is 1.12 bits per heavy atom. The number of carbonyl (C=O) groups is 2. The van der Waals surface area contributed by atoms with Gasteiger partial charge in [-0.15, -0.1) is 0 Å². The van der Waals surface area contributed by atoms with Crippen LogP contribution in [0, 0.1) is 6.92 Å². The molecule has 0 saturated carbocycles. The molecule has 2 aromatic carbocycles. The Kier molecular flexibility index (Phi) is 7.12. The van der Waals surface area contributed by atoms with Gasteiger partial charge in [0.2, 0.25) is 5.91 Å². The lowest BCUT2D eigenvalue weighted by Gasteiger charge is -2.13. The summed E-state index contributed by atoms with van der Waals surface area (Å²) < 4.78 is 0. The molecule has 0 heterocycles. The summed E-state index contributed by atoms with van der Waals surface area (Å²) in [6.45, 7) is 3.79. The van der Waals surface area contributed by atoms with Crippen molar-refractivity contribution in [1.82, 2.24) is 5.32 Å². The third-order valence-electron chi connectivity index (χ3n) is 3.59. The predicted molar refractivity (Wildman–Crippen MR) is 110 cm³/mol. The molecule has 26 heavy (non-hydrogen) atoms. The second-order valence-electron chi connectivity index (χ2n) is 5.72. The van der Waals surface area contributed by atoms with Gasteiger partial charge < -0.3 is 10.6 Å². The molecule has 2 amide bonds. The first-order valence-electron chi connectivity index (χ1n) is 8.18. The van der Waals surface area contributed by atoms with Crippen LogP contribution in [-0.4, -0.2) is 16.9 Å². The van der Waals surface area contributed by atoms with Gasteiger partial charge in [0.25, 0.3) is 5.91 Å². The number of hydrogen-bond acceptors (Lipinski definition) is 3. The zero-order chi connectivity index (χ0) is 19.1. The van der Waals surface area contributed by atoms with Crippen molar-refractivity contribution in [3.05, 3.63) is 58.6 Å². The molecule has 2 aromatic rings. The van der Waals surface area contributed by atoms with E-state index in [0.29, 0.717) is 28.4 Å². The standard InChI is InChI=1S/C19H20ClN3O2S/c1-3-6-17(24)21-13-9-10-15(20)16(11-13)22-19(26)23-18(25)14-8-5-4-7-12(14)2/h4-5,7-11H,3,6H2,1-2H3,(H,21,24)(H2,22,23,25,26). The minimum absolute atomic E-state index is 0.0730. The van der Waals surface area contributed by atoms with E-state index in [1.54, 1.807) is 30.3 Å². The van der Waals surface area contributed by atoms with E-state index in [9.17, 15) is 9.59 Å². The molecule has 0 saturated heterocycles. The van der Waals surface area contributed by atoms with Gasteiger partial charge >= 0.3 is 0 Å². The Balaban J connectivity index is 2.05. The predicted octanol–water partition coefficient (Wildman–Crippen LogP) is 4.51. The Labute approximate surface area is 163 Å². The van der Waals surface area contributed by atoms with Crippen LogP contribution in [0.4, 0.5) is 11.4 Å². The largest absolute Gasteiger partial charge is 0.331 e. The highest BCUT2D eigenvalue weighted by Gasteiger charge is 2.12. The molecular weight excluding hydrogens is 370 g/mol. The van der Waals surface area contributed by atoms with Crippen molar-refractivity contribution in [2.45, 2.75) is 26.7 Å². The van der Waals surface area contributed by atoms with Crippen LogP contribution in [0.1, 0.15) is 35.7 Å². The number of benzene rings is 2. The SMILES string of the molecule is CCCC(=O)Nc1ccc(Cl)c(NC(=S)NC(=O)c2ccccc2C)c1. The minimum Gasteiger partial charge on any atom is -0.331 e. The fraction of sp³-hybridized carbons (Fsp3) is 0.211. The monoisotopic (exact) mass is 389 g/mol. The lowest BCUT2D eigenvalue weighted by Crippen LogP contribution is -2.34. The molecule has 3 N–H and O–H groups in total. The highest BCUT2D eigenvalue weighted by atomic mass is 35.5. The molecule has 136 valence electrons. The molecule has 0 spiro atoms. The smallest absolute Gasteiger partial charge is 0.257 e. The Hall–Kier alpha value is -2.44. The Bertz CT molecular complexity index is 839. The van der Waals surface area contributed by atoms with E-state index >= 15 is 0 Å². The van der Waals surface area contributed by atoms with Crippen LogP contribution >= 0.6 is 23.8 Å². The normalized spacial score (nSPS) is 10.1. The van der Waals surface area contributed by atoms with Gasteiger partial charge in [-0.05, 0) is 55.4 Å². The van der Waals surface area contributed by atoms with Crippen LogP contribution in [0.3, 0.4) is 0 Å². The van der Waals surface area contributed by atoms with Crippen molar-refractivity contribution in [3.63, 3.8) is 0 Å². The van der Waals surface area contributed by atoms with E-state index in [1.807, 2.05) is 26.0 Å². The zero-order valence-corrected chi connectivity index (χ0v) is 16.1. The molecule has 5 nitrogen and oxygen atoms in total. The van der Waals surface area contributed by atoms with Crippen LogP contribution in [0.15, 0.2) is 42.5 Å². The van der Waals surface area contributed by atoms with E-state index in [-0.39, 0.29) is 16.9 Å². The van der Waals surface area contributed by atoms with Gasteiger partial charge in [-0.2, -0.15) is 0 Å². The number of anilines is 2. The second-order valence-corrected chi connectivity index (χ2v) is 6.53. The molecule has 0 bridgehead atoms. The summed E-state index contributed by atoms with van der Waals surface area (Å²) in [6.07, 6.45) is 1.20. The van der Waals surface area contributed by atoms with E-state index in [1.165, 1.54) is 0 Å². The lowest BCUT2D eigenvalue weighted by atomic mass is 10.1. The third-order valence-corrected chi connectivity index (χ3v) is 4.13. The topological polar surface area (TPSA) is 70.2 Å². The minimum atomic E-state index is -0.302. The van der Waals surface area contributed by atoms with Crippen molar-refractivity contribution >= 4 is 52.1 Å². The van der Waals surface area contributed by atoms with Crippen molar-refractivity contribution < 1.29 is 9.59 Å². The van der Waals surface area contributed by atoms with Gasteiger partial charge in [0.1, 0.15) is 0 Å². The summed E-state index contributed by atoms with van der Waals surface area (Å²) in [5, 5.41) is 8.86. The van der Waals surface area contributed by atoms with Crippen LogP contribution < -0.4 is 16.0 Å². The van der Waals surface area contributed by atoms with Crippen LogP contribution in [-0.2, 0) is 4.79 Å². The van der Waals surface area contributed by atoms with E-state index < -0.39 is 0 Å². The number of amides is 2.